The molecule has 0 radical (unpaired) electrons. The first-order valence-electron chi connectivity index (χ1n) is 5.04. The maximum absolute atomic E-state index is 12.4. The zero-order chi connectivity index (χ0) is 12.7. The Labute approximate surface area is 101 Å². The first-order valence-corrected chi connectivity index (χ1v) is 5.86. The predicted octanol–water partition coefficient (Wildman–Crippen LogP) is 1.93. The van der Waals surface area contributed by atoms with Crippen molar-refractivity contribution < 1.29 is 22.5 Å². The molecule has 1 aromatic rings. The molecule has 0 atom stereocenters. The summed E-state index contributed by atoms with van der Waals surface area (Å²) in [6.07, 6.45) is -3.24. The van der Waals surface area contributed by atoms with Gasteiger partial charge in [-0.25, -0.2) is 4.98 Å². The summed E-state index contributed by atoms with van der Waals surface area (Å²) in [5.74, 6) is 0. The number of aromatic nitrogens is 1. The van der Waals surface area contributed by atoms with Crippen LogP contribution in [-0.4, -0.2) is 25.3 Å². The van der Waals surface area contributed by atoms with Crippen LogP contribution < -0.4 is 4.78 Å². The summed E-state index contributed by atoms with van der Waals surface area (Å²) in [5, 5.41) is -0.871. The van der Waals surface area contributed by atoms with Gasteiger partial charge >= 0.3 is 13.3 Å². The number of halogens is 3. The summed E-state index contributed by atoms with van der Waals surface area (Å²) >= 11 is 0.560. The van der Waals surface area contributed by atoms with Crippen molar-refractivity contribution in [3.63, 3.8) is 0 Å². The van der Waals surface area contributed by atoms with Crippen molar-refractivity contribution in [1.29, 1.82) is 0 Å². The van der Waals surface area contributed by atoms with Gasteiger partial charge in [0.25, 0.3) is 0 Å². The number of nitrogens with zero attached hydrogens (tertiary/aromatic N) is 1. The van der Waals surface area contributed by atoms with Gasteiger partial charge < -0.3 is 9.31 Å². The largest absolute Gasteiger partial charge is 0.506 e. The van der Waals surface area contributed by atoms with E-state index in [4.69, 9.17) is 9.31 Å². The third kappa shape index (κ3) is 2.99. The van der Waals surface area contributed by atoms with E-state index in [1.165, 1.54) is 0 Å². The lowest BCUT2D eigenvalue weighted by Crippen LogP contribution is -2.46. The van der Waals surface area contributed by atoms with Crippen LogP contribution in [0.5, 0.6) is 0 Å². The van der Waals surface area contributed by atoms with Gasteiger partial charge in [0.2, 0.25) is 0 Å². The smallest absolute Gasteiger partial charge is 0.406 e. The zero-order valence-electron chi connectivity index (χ0n) is 9.37. The van der Waals surface area contributed by atoms with Gasteiger partial charge in [-0.2, -0.15) is 13.2 Å². The minimum Gasteiger partial charge on any atom is -0.406 e. The summed E-state index contributed by atoms with van der Waals surface area (Å²) in [5.41, 5.74) is -0.103. The molecule has 94 valence electrons. The highest BCUT2D eigenvalue weighted by molar-refractivity contribution is 7.22. The standard InChI is InChI=1S/C9H11BF3NO2S/c1-8(2)4-15-10(16-5-8)6-3-14-7(17-6)9(11,12)13/h3H,4-5H2,1-2H3. The van der Waals surface area contributed by atoms with Gasteiger partial charge in [0, 0.05) is 24.8 Å². The first-order chi connectivity index (χ1) is 7.78. The number of rotatable bonds is 1. The van der Waals surface area contributed by atoms with Gasteiger partial charge in [-0.15, -0.1) is 11.3 Å². The maximum Gasteiger partial charge on any atom is 0.506 e. The number of hydrogen-bond donors (Lipinski definition) is 0. The van der Waals surface area contributed by atoms with Crippen molar-refractivity contribution in [3.05, 3.63) is 11.2 Å². The zero-order valence-corrected chi connectivity index (χ0v) is 10.2. The van der Waals surface area contributed by atoms with Crippen LogP contribution in [0.15, 0.2) is 6.20 Å². The number of alkyl halides is 3. The van der Waals surface area contributed by atoms with Crippen molar-refractivity contribution in [2.45, 2.75) is 20.0 Å². The molecule has 0 amide bonds. The van der Waals surface area contributed by atoms with Gasteiger partial charge in [-0.3, -0.25) is 0 Å². The Morgan fingerprint density at radius 2 is 1.94 bits per heavy atom. The topological polar surface area (TPSA) is 31.4 Å². The Balaban J connectivity index is 2.07. The number of thiazole rings is 1. The third-order valence-electron chi connectivity index (χ3n) is 2.25. The van der Waals surface area contributed by atoms with E-state index < -0.39 is 18.3 Å². The van der Waals surface area contributed by atoms with Crippen LogP contribution in [0, 0.1) is 5.41 Å². The van der Waals surface area contributed by atoms with E-state index in [0.29, 0.717) is 29.3 Å². The Bertz CT molecular complexity index is 397. The second-order valence-corrected chi connectivity index (χ2v) is 5.75. The van der Waals surface area contributed by atoms with Gasteiger partial charge in [0.15, 0.2) is 5.01 Å². The second-order valence-electron chi connectivity index (χ2n) is 4.68. The fourth-order valence-electron chi connectivity index (χ4n) is 1.38. The second kappa shape index (κ2) is 4.26. The maximum atomic E-state index is 12.4. The van der Waals surface area contributed by atoms with E-state index in [1.807, 2.05) is 13.8 Å². The normalized spacial score (nSPS) is 20.6. The molecule has 2 rings (SSSR count). The molecule has 2 heterocycles. The molecule has 1 aliphatic rings. The van der Waals surface area contributed by atoms with Crippen LogP contribution in [0.1, 0.15) is 18.9 Å². The van der Waals surface area contributed by atoms with E-state index >= 15 is 0 Å². The van der Waals surface area contributed by atoms with Crippen LogP contribution in [0.2, 0.25) is 0 Å². The molecule has 1 saturated heterocycles. The summed E-state index contributed by atoms with van der Waals surface area (Å²) < 4.78 is 48.2. The fourth-order valence-corrected chi connectivity index (χ4v) is 2.17. The molecule has 8 heteroatoms. The lowest BCUT2D eigenvalue weighted by molar-refractivity contribution is -0.137. The molecule has 0 unspecified atom stereocenters. The van der Waals surface area contributed by atoms with Gasteiger partial charge in [-0.1, -0.05) is 13.8 Å². The predicted molar refractivity (Wildman–Crippen MR) is 58.2 cm³/mol. The van der Waals surface area contributed by atoms with Crippen LogP contribution in [0.4, 0.5) is 13.2 Å². The summed E-state index contributed by atoms with van der Waals surface area (Å²) in [6.45, 7) is 4.85. The monoisotopic (exact) mass is 265 g/mol. The lowest BCUT2D eigenvalue weighted by atomic mass is 9.83. The van der Waals surface area contributed by atoms with Crippen LogP contribution in [0.25, 0.3) is 0 Å². The summed E-state index contributed by atoms with van der Waals surface area (Å²) in [4.78, 5) is 3.33. The molecule has 3 nitrogen and oxygen atoms in total. The molecule has 1 aliphatic heterocycles. The molecule has 0 N–H and O–H groups in total. The van der Waals surface area contributed by atoms with Crippen molar-refractivity contribution in [3.8, 4) is 0 Å². The Hall–Kier alpha value is -0.595. The van der Waals surface area contributed by atoms with Gasteiger partial charge in [0.05, 0.1) is 4.78 Å². The van der Waals surface area contributed by atoms with E-state index in [2.05, 4.69) is 4.98 Å². The highest BCUT2D eigenvalue weighted by Gasteiger charge is 2.39. The molecule has 0 aliphatic carbocycles. The molecule has 0 aromatic carbocycles. The minimum absolute atomic E-state index is 0.103. The van der Waals surface area contributed by atoms with Gasteiger partial charge in [-0.05, 0) is 0 Å². The molecule has 1 aromatic heterocycles. The van der Waals surface area contributed by atoms with E-state index in [0.717, 1.165) is 6.20 Å². The van der Waals surface area contributed by atoms with E-state index in [9.17, 15) is 13.2 Å². The summed E-state index contributed by atoms with van der Waals surface area (Å²) in [7, 11) is -0.725. The van der Waals surface area contributed by atoms with Crippen LogP contribution >= 0.6 is 11.3 Å². The SMILES string of the molecule is CC1(C)COB(c2cnc(C(F)(F)F)s2)OC1. The fraction of sp³-hybridized carbons (Fsp3) is 0.667. The quantitative estimate of drug-likeness (QED) is 0.727. The Morgan fingerprint density at radius 3 is 2.41 bits per heavy atom. The van der Waals surface area contributed by atoms with E-state index in [1.54, 1.807) is 0 Å². The highest BCUT2D eigenvalue weighted by atomic mass is 32.1. The van der Waals surface area contributed by atoms with Crippen LogP contribution in [0.3, 0.4) is 0 Å². The van der Waals surface area contributed by atoms with Gasteiger partial charge in [0.1, 0.15) is 0 Å². The van der Waals surface area contributed by atoms with Crippen molar-refractivity contribution >= 4 is 23.2 Å². The molecule has 0 saturated carbocycles. The highest BCUT2D eigenvalue weighted by Crippen LogP contribution is 2.30. The Kier molecular flexibility index (Phi) is 3.22. The molecular weight excluding hydrogens is 254 g/mol. The lowest BCUT2D eigenvalue weighted by Gasteiger charge is -2.32. The minimum atomic E-state index is -4.41. The van der Waals surface area contributed by atoms with E-state index in [-0.39, 0.29) is 5.41 Å². The van der Waals surface area contributed by atoms with Crippen molar-refractivity contribution in [2.24, 2.45) is 5.41 Å². The molecule has 0 spiro atoms. The Morgan fingerprint density at radius 1 is 1.35 bits per heavy atom. The van der Waals surface area contributed by atoms with Crippen molar-refractivity contribution in [1.82, 2.24) is 4.98 Å². The third-order valence-corrected chi connectivity index (χ3v) is 3.31. The first kappa shape index (κ1) is 12.9. The molecule has 17 heavy (non-hydrogen) atoms. The number of hydrogen-bond acceptors (Lipinski definition) is 4. The molecular formula is C9H11BF3NO2S. The van der Waals surface area contributed by atoms with Crippen molar-refractivity contribution in [2.75, 3.05) is 13.2 Å². The summed E-state index contributed by atoms with van der Waals surface area (Å²) in [6, 6.07) is 0. The molecule has 0 bridgehead atoms. The average molecular weight is 265 g/mol. The average Bonchev–Trinajstić information content (AvgIpc) is 2.66. The van der Waals surface area contributed by atoms with Crippen LogP contribution in [-0.2, 0) is 15.5 Å². The molecule has 1 fully saturated rings.